The van der Waals surface area contributed by atoms with Crippen LogP contribution in [-0.4, -0.2) is 0 Å². The molecule has 0 heterocycles. The number of halogens is 1. The van der Waals surface area contributed by atoms with Gasteiger partial charge in [0.2, 0.25) is 0 Å². The van der Waals surface area contributed by atoms with Gasteiger partial charge in [0, 0.05) is 16.3 Å². The summed E-state index contributed by atoms with van der Waals surface area (Å²) >= 11 is 1.69. The van der Waals surface area contributed by atoms with Gasteiger partial charge >= 0.3 is 0 Å². The summed E-state index contributed by atoms with van der Waals surface area (Å²) in [5.74, 6) is 0.627. The monoisotopic (exact) mass is 233 g/mol. The van der Waals surface area contributed by atoms with Crippen molar-refractivity contribution in [2.45, 2.75) is 10.6 Å². The van der Waals surface area contributed by atoms with Gasteiger partial charge in [-0.25, -0.2) is 4.39 Å². The van der Waals surface area contributed by atoms with E-state index in [0.717, 1.165) is 21.9 Å². The topological polar surface area (TPSA) is 26.0 Å². The Balaban J connectivity index is 1.99. The lowest BCUT2D eigenvalue weighted by atomic mass is 10.2. The minimum atomic E-state index is -0.197. The van der Waals surface area contributed by atoms with Crippen LogP contribution in [0.3, 0.4) is 0 Å². The summed E-state index contributed by atoms with van der Waals surface area (Å²) in [5.41, 5.74) is 7.56. The number of anilines is 1. The lowest BCUT2D eigenvalue weighted by Crippen LogP contribution is -1.85. The molecule has 16 heavy (non-hydrogen) atoms. The second kappa shape index (κ2) is 5.03. The maximum atomic E-state index is 12.7. The van der Waals surface area contributed by atoms with Crippen molar-refractivity contribution in [1.82, 2.24) is 0 Å². The van der Waals surface area contributed by atoms with Crippen LogP contribution in [0.25, 0.3) is 0 Å². The molecule has 1 nitrogen and oxygen atoms in total. The van der Waals surface area contributed by atoms with Gasteiger partial charge in [-0.05, 0) is 35.9 Å². The Morgan fingerprint density at radius 3 is 2.50 bits per heavy atom. The summed E-state index contributed by atoms with van der Waals surface area (Å²) in [4.78, 5) is 1.13. The molecule has 82 valence electrons. The molecule has 2 aromatic carbocycles. The highest BCUT2D eigenvalue weighted by Crippen LogP contribution is 2.24. The Morgan fingerprint density at radius 2 is 1.81 bits per heavy atom. The first kappa shape index (κ1) is 11.0. The summed E-state index contributed by atoms with van der Waals surface area (Å²) < 4.78 is 12.7. The van der Waals surface area contributed by atoms with Crippen LogP contribution in [0, 0.1) is 5.82 Å². The molecule has 0 fully saturated rings. The summed E-state index contributed by atoms with van der Waals surface area (Å²) in [6.45, 7) is 0. The number of hydrogen-bond donors (Lipinski definition) is 1. The van der Waals surface area contributed by atoms with Crippen LogP contribution in [0.4, 0.5) is 10.1 Å². The number of nitrogens with two attached hydrogens (primary N) is 1. The van der Waals surface area contributed by atoms with E-state index in [-0.39, 0.29) is 5.82 Å². The molecule has 0 saturated heterocycles. The maximum absolute atomic E-state index is 12.7. The standard InChI is InChI=1S/C13H12FNS/c14-11-6-4-10(5-7-11)9-16-13-3-1-2-12(15)8-13/h1-8H,9,15H2. The molecular formula is C13H12FNS. The van der Waals surface area contributed by atoms with Crippen LogP contribution >= 0.6 is 11.8 Å². The highest BCUT2D eigenvalue weighted by Gasteiger charge is 1.97. The minimum absolute atomic E-state index is 0.197. The first-order valence-corrected chi connectivity index (χ1v) is 5.95. The van der Waals surface area contributed by atoms with E-state index in [1.807, 2.05) is 24.3 Å². The van der Waals surface area contributed by atoms with E-state index < -0.39 is 0 Å². The molecule has 0 atom stereocenters. The molecule has 3 heteroatoms. The van der Waals surface area contributed by atoms with Crippen LogP contribution < -0.4 is 5.73 Å². The molecule has 0 aliphatic rings. The number of benzene rings is 2. The van der Waals surface area contributed by atoms with Crippen molar-refractivity contribution >= 4 is 17.4 Å². The van der Waals surface area contributed by atoms with Gasteiger partial charge < -0.3 is 5.73 Å². The molecule has 0 aliphatic heterocycles. The molecule has 2 N–H and O–H groups in total. The molecule has 0 unspecified atom stereocenters. The predicted molar refractivity (Wildman–Crippen MR) is 66.8 cm³/mol. The van der Waals surface area contributed by atoms with Crippen molar-refractivity contribution < 1.29 is 4.39 Å². The van der Waals surface area contributed by atoms with Gasteiger partial charge in [0.05, 0.1) is 0 Å². The number of nitrogen functional groups attached to an aromatic ring is 1. The van der Waals surface area contributed by atoms with E-state index in [4.69, 9.17) is 5.73 Å². The minimum Gasteiger partial charge on any atom is -0.399 e. The fourth-order valence-electron chi connectivity index (χ4n) is 1.35. The van der Waals surface area contributed by atoms with Gasteiger partial charge in [0.1, 0.15) is 5.82 Å². The van der Waals surface area contributed by atoms with Gasteiger partial charge in [0.15, 0.2) is 0 Å². The molecule has 0 aromatic heterocycles. The maximum Gasteiger partial charge on any atom is 0.123 e. The molecule has 0 radical (unpaired) electrons. The highest BCUT2D eigenvalue weighted by molar-refractivity contribution is 7.98. The lowest BCUT2D eigenvalue weighted by molar-refractivity contribution is 0.627. The van der Waals surface area contributed by atoms with E-state index in [1.54, 1.807) is 23.9 Å². The Hall–Kier alpha value is -1.48. The summed E-state index contributed by atoms with van der Waals surface area (Å²) in [7, 11) is 0. The van der Waals surface area contributed by atoms with Crippen molar-refractivity contribution in [3.8, 4) is 0 Å². The smallest absolute Gasteiger partial charge is 0.123 e. The van der Waals surface area contributed by atoms with Crippen molar-refractivity contribution in [1.29, 1.82) is 0 Å². The molecule has 0 aliphatic carbocycles. The number of thioether (sulfide) groups is 1. The molecule has 2 aromatic rings. The van der Waals surface area contributed by atoms with E-state index in [2.05, 4.69) is 0 Å². The van der Waals surface area contributed by atoms with E-state index >= 15 is 0 Å². The van der Waals surface area contributed by atoms with Gasteiger partial charge in [-0.2, -0.15) is 0 Å². The van der Waals surface area contributed by atoms with Gasteiger partial charge in [-0.15, -0.1) is 11.8 Å². The molecule has 0 amide bonds. The van der Waals surface area contributed by atoms with E-state index in [9.17, 15) is 4.39 Å². The largest absolute Gasteiger partial charge is 0.399 e. The average molecular weight is 233 g/mol. The van der Waals surface area contributed by atoms with E-state index in [1.165, 1.54) is 12.1 Å². The Morgan fingerprint density at radius 1 is 1.06 bits per heavy atom. The number of hydrogen-bond acceptors (Lipinski definition) is 2. The fourth-order valence-corrected chi connectivity index (χ4v) is 2.27. The first-order valence-electron chi connectivity index (χ1n) is 4.97. The zero-order valence-electron chi connectivity index (χ0n) is 8.69. The van der Waals surface area contributed by atoms with Crippen LogP contribution in [0.1, 0.15) is 5.56 Å². The second-order valence-corrected chi connectivity index (χ2v) is 4.54. The van der Waals surface area contributed by atoms with Gasteiger partial charge in [-0.3, -0.25) is 0 Å². The van der Waals surface area contributed by atoms with Gasteiger partial charge in [-0.1, -0.05) is 18.2 Å². The predicted octanol–water partition coefficient (Wildman–Crippen LogP) is 3.70. The third kappa shape index (κ3) is 3.00. The van der Waals surface area contributed by atoms with Crippen molar-refractivity contribution in [3.63, 3.8) is 0 Å². The number of rotatable bonds is 3. The molecule has 0 saturated carbocycles. The SMILES string of the molecule is Nc1cccc(SCc2ccc(F)cc2)c1. The van der Waals surface area contributed by atoms with Crippen LogP contribution in [0.15, 0.2) is 53.4 Å². The molecule has 0 bridgehead atoms. The highest BCUT2D eigenvalue weighted by atomic mass is 32.2. The van der Waals surface area contributed by atoms with Crippen LogP contribution in [0.5, 0.6) is 0 Å². The summed E-state index contributed by atoms with van der Waals surface area (Å²) in [6, 6.07) is 14.3. The van der Waals surface area contributed by atoms with Crippen molar-refractivity contribution in [2.75, 3.05) is 5.73 Å². The Labute approximate surface area is 98.5 Å². The van der Waals surface area contributed by atoms with Crippen LogP contribution in [0.2, 0.25) is 0 Å². The normalized spacial score (nSPS) is 10.3. The zero-order chi connectivity index (χ0) is 11.4. The summed E-state index contributed by atoms with van der Waals surface area (Å²) in [6.07, 6.45) is 0. The average Bonchev–Trinajstić information content (AvgIpc) is 2.28. The van der Waals surface area contributed by atoms with Crippen molar-refractivity contribution in [2.24, 2.45) is 0 Å². The molecule has 2 rings (SSSR count). The van der Waals surface area contributed by atoms with Crippen molar-refractivity contribution in [3.05, 3.63) is 59.9 Å². The second-order valence-electron chi connectivity index (χ2n) is 3.49. The zero-order valence-corrected chi connectivity index (χ0v) is 9.51. The summed E-state index contributed by atoms with van der Waals surface area (Å²) in [5, 5.41) is 0. The quantitative estimate of drug-likeness (QED) is 0.646. The molecule has 0 spiro atoms. The van der Waals surface area contributed by atoms with Crippen LogP contribution in [-0.2, 0) is 5.75 Å². The van der Waals surface area contributed by atoms with E-state index in [0.29, 0.717) is 0 Å². The Kier molecular flexibility index (Phi) is 3.47. The fraction of sp³-hybridized carbons (Fsp3) is 0.0769. The Bertz CT molecular complexity index is 468. The third-order valence-corrected chi connectivity index (χ3v) is 3.24. The van der Waals surface area contributed by atoms with Gasteiger partial charge in [0.25, 0.3) is 0 Å². The molecular weight excluding hydrogens is 221 g/mol. The lowest BCUT2D eigenvalue weighted by Gasteiger charge is -2.02. The third-order valence-electron chi connectivity index (χ3n) is 2.18. The first-order chi connectivity index (χ1) is 7.74.